The van der Waals surface area contributed by atoms with E-state index in [1.165, 1.54) is 10.9 Å². The first kappa shape index (κ1) is 17.1. The number of rotatable bonds is 8. The number of nitrogens with zero attached hydrogens (tertiary/aromatic N) is 3. The summed E-state index contributed by atoms with van der Waals surface area (Å²) in [4.78, 5) is 28.5. The van der Waals surface area contributed by atoms with Crippen molar-refractivity contribution >= 4 is 17.8 Å². The van der Waals surface area contributed by atoms with Crippen molar-refractivity contribution in [2.45, 2.75) is 25.6 Å². The van der Waals surface area contributed by atoms with Gasteiger partial charge in [0.15, 0.2) is 5.82 Å². The van der Waals surface area contributed by atoms with Crippen molar-refractivity contribution in [1.29, 1.82) is 0 Å². The monoisotopic (exact) mass is 349 g/mol. The van der Waals surface area contributed by atoms with Crippen LogP contribution < -0.4 is 10.6 Å². The molecule has 0 radical (unpaired) electrons. The number of methoxy groups -OCH3 is 1. The summed E-state index contributed by atoms with van der Waals surface area (Å²) in [7, 11) is 1.58. The van der Waals surface area contributed by atoms with Crippen LogP contribution in [0.15, 0.2) is 22.8 Å². The molecule has 2 aromatic rings. The summed E-state index contributed by atoms with van der Waals surface area (Å²) in [6.45, 7) is 1.27. The second-order valence-corrected chi connectivity index (χ2v) is 5.41. The minimum atomic E-state index is -0.765. The van der Waals surface area contributed by atoms with E-state index in [2.05, 4.69) is 20.7 Å². The van der Waals surface area contributed by atoms with Crippen LogP contribution >= 0.6 is 0 Å². The Morgan fingerprint density at radius 2 is 2.40 bits per heavy atom. The van der Waals surface area contributed by atoms with Gasteiger partial charge in [0.25, 0.3) is 0 Å². The van der Waals surface area contributed by atoms with Crippen LogP contribution in [0.2, 0.25) is 0 Å². The van der Waals surface area contributed by atoms with Crippen LogP contribution in [0.4, 0.5) is 5.95 Å². The molecular formula is C15H19N5O5. The van der Waals surface area contributed by atoms with Gasteiger partial charge in [-0.05, 0) is 12.1 Å². The first-order valence-corrected chi connectivity index (χ1v) is 7.79. The second-order valence-electron chi connectivity index (χ2n) is 5.41. The van der Waals surface area contributed by atoms with Crippen LogP contribution in [0.5, 0.6) is 0 Å². The van der Waals surface area contributed by atoms with E-state index in [9.17, 15) is 9.59 Å². The van der Waals surface area contributed by atoms with Crippen LogP contribution in [0.1, 0.15) is 24.0 Å². The molecule has 134 valence electrons. The number of carbonyl (C=O) groups is 2. The summed E-state index contributed by atoms with van der Waals surface area (Å²) in [6, 6.07) is 2.73. The van der Waals surface area contributed by atoms with Crippen LogP contribution in [-0.2, 0) is 32.2 Å². The van der Waals surface area contributed by atoms with Crippen molar-refractivity contribution in [1.82, 2.24) is 20.1 Å². The number of ether oxygens (including phenoxy) is 2. The lowest BCUT2D eigenvalue weighted by Gasteiger charge is -2.22. The third-order valence-corrected chi connectivity index (χ3v) is 3.58. The lowest BCUT2D eigenvalue weighted by atomic mass is 10.1. The fourth-order valence-corrected chi connectivity index (χ4v) is 2.38. The lowest BCUT2D eigenvalue weighted by Crippen LogP contribution is -2.39. The third kappa shape index (κ3) is 4.22. The third-order valence-electron chi connectivity index (χ3n) is 3.58. The predicted molar refractivity (Wildman–Crippen MR) is 84.4 cm³/mol. The average molecular weight is 349 g/mol. The molecule has 1 atom stereocenters. The number of carbonyl (C=O) groups excluding carboxylic acids is 2. The standard InChI is InChI=1S/C15H19N5O5/c1-23-5-6-24-9-12-17-15-18-13(21)7-11(20(15)19-12)14(22)16-8-10-3-2-4-25-10/h2-4,11H,5-9H2,1H3,(H,16,22)(H,17,18,19,21)/t11-/m1/s1. The summed E-state index contributed by atoms with van der Waals surface area (Å²) in [5, 5.41) is 9.62. The Balaban J connectivity index is 1.66. The fraction of sp³-hybridized carbons (Fsp3) is 0.467. The number of anilines is 1. The van der Waals surface area contributed by atoms with E-state index in [-0.39, 0.29) is 37.3 Å². The van der Waals surface area contributed by atoms with E-state index < -0.39 is 6.04 Å². The molecule has 0 aromatic carbocycles. The molecule has 0 unspecified atom stereocenters. The Hall–Kier alpha value is -2.72. The highest BCUT2D eigenvalue weighted by molar-refractivity contribution is 5.96. The Morgan fingerprint density at radius 1 is 1.52 bits per heavy atom. The summed E-state index contributed by atoms with van der Waals surface area (Å²) in [6.07, 6.45) is 1.52. The van der Waals surface area contributed by atoms with Gasteiger partial charge in [-0.1, -0.05) is 0 Å². The van der Waals surface area contributed by atoms with Crippen molar-refractivity contribution in [3.8, 4) is 0 Å². The van der Waals surface area contributed by atoms with Gasteiger partial charge in [0.2, 0.25) is 17.8 Å². The largest absolute Gasteiger partial charge is 0.467 e. The number of furan rings is 1. The Labute approximate surface area is 143 Å². The summed E-state index contributed by atoms with van der Waals surface area (Å²) in [5.41, 5.74) is 0. The minimum Gasteiger partial charge on any atom is -0.467 e. The average Bonchev–Trinajstić information content (AvgIpc) is 3.25. The highest BCUT2D eigenvalue weighted by Gasteiger charge is 2.33. The molecule has 2 aromatic heterocycles. The number of amides is 2. The molecule has 2 amide bonds. The quantitative estimate of drug-likeness (QED) is 0.655. The SMILES string of the molecule is COCCOCc1nc2n(n1)[C@@H](C(=O)NCc1ccco1)CC(=O)N2. The van der Waals surface area contributed by atoms with Gasteiger partial charge in [0, 0.05) is 7.11 Å². The molecule has 3 heterocycles. The molecule has 3 rings (SSSR count). The van der Waals surface area contributed by atoms with Gasteiger partial charge in [-0.25, -0.2) is 4.68 Å². The molecule has 0 fully saturated rings. The molecule has 0 saturated heterocycles. The van der Waals surface area contributed by atoms with Gasteiger partial charge >= 0.3 is 0 Å². The molecule has 0 saturated carbocycles. The first-order valence-electron chi connectivity index (χ1n) is 7.79. The van der Waals surface area contributed by atoms with Gasteiger partial charge < -0.3 is 19.2 Å². The van der Waals surface area contributed by atoms with Crippen molar-refractivity contribution in [2.24, 2.45) is 0 Å². The van der Waals surface area contributed by atoms with Crippen molar-refractivity contribution in [3.05, 3.63) is 30.0 Å². The molecule has 1 aliphatic rings. The predicted octanol–water partition coefficient (Wildman–Crippen LogP) is 0.234. The second kappa shape index (κ2) is 7.90. The zero-order valence-electron chi connectivity index (χ0n) is 13.7. The van der Waals surface area contributed by atoms with Gasteiger partial charge in [0.1, 0.15) is 18.4 Å². The topological polar surface area (TPSA) is 121 Å². The van der Waals surface area contributed by atoms with Crippen LogP contribution in [0.3, 0.4) is 0 Å². The highest BCUT2D eigenvalue weighted by atomic mass is 16.5. The van der Waals surface area contributed by atoms with Crippen molar-refractivity contribution in [2.75, 3.05) is 25.6 Å². The molecule has 0 spiro atoms. The molecular weight excluding hydrogens is 330 g/mol. The maximum Gasteiger partial charge on any atom is 0.245 e. The fourth-order valence-electron chi connectivity index (χ4n) is 2.38. The maximum atomic E-state index is 12.4. The molecule has 10 nitrogen and oxygen atoms in total. The van der Waals surface area contributed by atoms with E-state index in [0.717, 1.165) is 0 Å². The lowest BCUT2D eigenvalue weighted by molar-refractivity contribution is -0.129. The van der Waals surface area contributed by atoms with E-state index >= 15 is 0 Å². The van der Waals surface area contributed by atoms with E-state index in [1.807, 2.05) is 0 Å². The maximum absolute atomic E-state index is 12.4. The zero-order chi connectivity index (χ0) is 17.6. The number of hydrogen-bond donors (Lipinski definition) is 2. The van der Waals surface area contributed by atoms with Gasteiger partial charge in [-0.3, -0.25) is 14.9 Å². The van der Waals surface area contributed by atoms with E-state index in [0.29, 0.717) is 24.8 Å². The van der Waals surface area contributed by atoms with E-state index in [1.54, 1.807) is 19.2 Å². The van der Waals surface area contributed by atoms with Gasteiger partial charge in [-0.2, -0.15) is 10.1 Å². The Bertz CT molecular complexity index is 727. The molecule has 0 aliphatic carbocycles. The van der Waals surface area contributed by atoms with Crippen LogP contribution in [0.25, 0.3) is 0 Å². The van der Waals surface area contributed by atoms with Crippen molar-refractivity contribution < 1.29 is 23.5 Å². The normalized spacial score (nSPS) is 16.4. The number of aromatic nitrogens is 3. The zero-order valence-corrected chi connectivity index (χ0v) is 13.7. The summed E-state index contributed by atoms with van der Waals surface area (Å²) >= 11 is 0. The molecule has 2 N–H and O–H groups in total. The first-order chi connectivity index (χ1) is 12.2. The van der Waals surface area contributed by atoms with Crippen molar-refractivity contribution in [3.63, 3.8) is 0 Å². The summed E-state index contributed by atoms with van der Waals surface area (Å²) < 4.78 is 16.8. The highest BCUT2D eigenvalue weighted by Crippen LogP contribution is 2.23. The molecule has 25 heavy (non-hydrogen) atoms. The molecule has 1 aliphatic heterocycles. The molecule has 10 heteroatoms. The van der Waals surface area contributed by atoms with Crippen LogP contribution in [-0.4, -0.2) is 46.9 Å². The summed E-state index contributed by atoms with van der Waals surface area (Å²) in [5.74, 6) is 0.630. The molecule has 0 bridgehead atoms. The van der Waals surface area contributed by atoms with Gasteiger partial charge in [0.05, 0.1) is 32.4 Å². The number of fused-ring (bicyclic) bond motifs is 1. The Morgan fingerprint density at radius 3 is 3.16 bits per heavy atom. The van der Waals surface area contributed by atoms with E-state index in [4.69, 9.17) is 13.9 Å². The van der Waals surface area contributed by atoms with Crippen LogP contribution in [0, 0.1) is 0 Å². The minimum absolute atomic E-state index is 0.00960. The number of nitrogens with one attached hydrogen (secondary N) is 2. The Kier molecular flexibility index (Phi) is 5.41. The number of hydrogen-bond acceptors (Lipinski definition) is 7. The van der Waals surface area contributed by atoms with Gasteiger partial charge in [-0.15, -0.1) is 0 Å². The smallest absolute Gasteiger partial charge is 0.245 e.